The molecule has 0 saturated carbocycles. The molecule has 0 unspecified atom stereocenters. The van der Waals surface area contributed by atoms with E-state index in [1.807, 2.05) is 12.2 Å². The van der Waals surface area contributed by atoms with Gasteiger partial charge in [-0.3, -0.25) is 19.7 Å². The Balaban J connectivity index is 4.56. The first-order valence-electron chi connectivity index (χ1n) is 8.54. The molecule has 0 aliphatic carbocycles. The van der Waals surface area contributed by atoms with Crippen LogP contribution in [0.1, 0.15) is 40.0 Å². The third kappa shape index (κ3) is 7.75. The van der Waals surface area contributed by atoms with Gasteiger partial charge in [-0.15, -0.1) is 0 Å². The van der Waals surface area contributed by atoms with Crippen LogP contribution in [0, 0.1) is 5.92 Å². The molecule has 0 aromatic carbocycles. The summed E-state index contributed by atoms with van der Waals surface area (Å²) in [5, 5.41) is 40.9. The second kappa shape index (κ2) is 11.9. The first kappa shape index (κ1) is 24.4. The van der Waals surface area contributed by atoms with Gasteiger partial charge in [-0.2, -0.15) is 0 Å². The molecule has 0 spiro atoms. The second-order valence-corrected chi connectivity index (χ2v) is 6.20. The van der Waals surface area contributed by atoms with E-state index in [4.69, 9.17) is 10.5 Å². The van der Waals surface area contributed by atoms with E-state index in [1.54, 1.807) is 13.8 Å². The molecule has 7 N–H and O–H groups in total. The first-order valence-corrected chi connectivity index (χ1v) is 8.54. The van der Waals surface area contributed by atoms with Crippen LogP contribution in [0.15, 0.2) is 0 Å². The van der Waals surface area contributed by atoms with Crippen LogP contribution in [-0.2, 0) is 19.1 Å². The lowest BCUT2D eigenvalue weighted by molar-refractivity contribution is -0.162. The lowest BCUT2D eigenvalue weighted by Gasteiger charge is -2.26. The molecule has 2 amide bonds. The highest BCUT2D eigenvalue weighted by molar-refractivity contribution is 5.97. The number of carbonyl (C=O) groups excluding carboxylic acids is 3. The van der Waals surface area contributed by atoms with Gasteiger partial charge in [0.1, 0.15) is 31.0 Å². The minimum Gasteiger partial charge on any atom is -0.462 e. The first-order chi connectivity index (χ1) is 12.1. The summed E-state index contributed by atoms with van der Waals surface area (Å²) in [5.41, 5.74) is 5.66. The smallest absolute Gasteiger partial charge is 0.323 e. The molecule has 0 aromatic heterocycles. The van der Waals surface area contributed by atoms with E-state index in [9.17, 15) is 34.8 Å². The Morgan fingerprint density at radius 3 is 2.15 bits per heavy atom. The van der Waals surface area contributed by atoms with Gasteiger partial charge in [0.25, 0.3) is 5.91 Å². The number of amides is 2. The Bertz CT molecular complexity index is 473. The maximum Gasteiger partial charge on any atom is 0.323 e. The highest BCUT2D eigenvalue weighted by Gasteiger charge is 2.35. The van der Waals surface area contributed by atoms with Crippen LogP contribution >= 0.6 is 0 Å². The highest BCUT2D eigenvalue weighted by atomic mass is 16.5. The Morgan fingerprint density at radius 2 is 1.65 bits per heavy atom. The molecule has 6 atom stereocenters. The maximum atomic E-state index is 11.7. The van der Waals surface area contributed by atoms with Crippen LogP contribution in [0.25, 0.3) is 0 Å². The van der Waals surface area contributed by atoms with Crippen LogP contribution in [0.5, 0.6) is 0 Å². The number of hydrogen-bond acceptors (Lipinski definition) is 9. The number of aliphatic hydroxyl groups excluding tert-OH is 4. The number of nitrogens with two attached hydrogens (primary N) is 1. The van der Waals surface area contributed by atoms with Crippen LogP contribution in [-0.4, -0.2) is 75.3 Å². The van der Waals surface area contributed by atoms with Crippen molar-refractivity contribution in [3.05, 3.63) is 0 Å². The number of aliphatic hydroxyl groups is 4. The summed E-state index contributed by atoms with van der Waals surface area (Å²) in [5.74, 6) is -2.80. The lowest BCUT2D eigenvalue weighted by atomic mass is 10.0. The standard InChI is InChI=1S/C16H30N2O8/c1-4-6-10(20)18-15(24)14(23)13(22)12(21)9(19)7-26-16(25)11(17)8(3)5-2/h8-9,11-14,19,21-23H,4-7,17H2,1-3H3,(H,18,20,24)/t8-,9+,11-,12+,13-,14+/m0/s1. The van der Waals surface area contributed by atoms with Crippen molar-refractivity contribution in [1.82, 2.24) is 5.32 Å². The van der Waals surface area contributed by atoms with Crippen molar-refractivity contribution in [3.63, 3.8) is 0 Å². The van der Waals surface area contributed by atoms with E-state index >= 15 is 0 Å². The fourth-order valence-electron chi connectivity index (χ4n) is 1.92. The third-order valence-electron chi connectivity index (χ3n) is 4.00. The van der Waals surface area contributed by atoms with Gasteiger partial charge in [-0.05, 0) is 12.3 Å². The molecule has 0 saturated heterocycles. The zero-order valence-electron chi connectivity index (χ0n) is 15.3. The summed E-state index contributed by atoms with van der Waals surface area (Å²) < 4.78 is 4.78. The summed E-state index contributed by atoms with van der Waals surface area (Å²) in [4.78, 5) is 34.6. The third-order valence-corrected chi connectivity index (χ3v) is 4.00. The Hall–Kier alpha value is -1.59. The Kier molecular flexibility index (Phi) is 11.2. The van der Waals surface area contributed by atoms with Gasteiger partial charge in [0, 0.05) is 6.42 Å². The summed E-state index contributed by atoms with van der Waals surface area (Å²) in [6, 6.07) is -0.907. The van der Waals surface area contributed by atoms with Gasteiger partial charge < -0.3 is 30.9 Å². The Morgan fingerprint density at radius 1 is 1.08 bits per heavy atom. The predicted octanol–water partition coefficient (Wildman–Crippen LogP) is -2.21. The van der Waals surface area contributed by atoms with Crippen molar-refractivity contribution in [2.45, 2.75) is 70.5 Å². The molecule has 0 rings (SSSR count). The predicted molar refractivity (Wildman–Crippen MR) is 90.5 cm³/mol. The van der Waals surface area contributed by atoms with E-state index in [-0.39, 0.29) is 12.3 Å². The molecule has 0 radical (unpaired) electrons. The lowest BCUT2D eigenvalue weighted by Crippen LogP contribution is -2.53. The van der Waals surface area contributed by atoms with Crippen LogP contribution in [0.4, 0.5) is 0 Å². The van der Waals surface area contributed by atoms with Crippen molar-refractivity contribution >= 4 is 17.8 Å². The number of carbonyl (C=O) groups is 3. The quantitative estimate of drug-likeness (QED) is 0.217. The maximum absolute atomic E-state index is 11.7. The van der Waals surface area contributed by atoms with Crippen molar-refractivity contribution in [3.8, 4) is 0 Å². The molecule has 0 fully saturated rings. The summed E-state index contributed by atoms with van der Waals surface area (Å²) in [7, 11) is 0. The van der Waals surface area contributed by atoms with Crippen molar-refractivity contribution in [2.75, 3.05) is 6.61 Å². The molecule has 0 aliphatic rings. The fraction of sp³-hybridized carbons (Fsp3) is 0.812. The molecule has 152 valence electrons. The molecule has 26 heavy (non-hydrogen) atoms. The molecular weight excluding hydrogens is 348 g/mol. The number of rotatable bonds is 11. The number of esters is 1. The number of nitrogens with one attached hydrogen (secondary N) is 1. The largest absolute Gasteiger partial charge is 0.462 e. The van der Waals surface area contributed by atoms with Crippen molar-refractivity contribution in [1.29, 1.82) is 0 Å². The van der Waals surface area contributed by atoms with E-state index in [0.717, 1.165) is 0 Å². The van der Waals surface area contributed by atoms with E-state index in [1.165, 1.54) is 0 Å². The molecule has 0 bridgehead atoms. The zero-order valence-corrected chi connectivity index (χ0v) is 15.3. The average Bonchev–Trinajstić information content (AvgIpc) is 2.62. The molecule has 0 heterocycles. The van der Waals surface area contributed by atoms with Gasteiger partial charge in [-0.1, -0.05) is 27.2 Å². The van der Waals surface area contributed by atoms with Gasteiger partial charge in [-0.25, -0.2) is 0 Å². The van der Waals surface area contributed by atoms with Crippen LogP contribution in [0.2, 0.25) is 0 Å². The van der Waals surface area contributed by atoms with Crippen LogP contribution < -0.4 is 11.1 Å². The normalized spacial score (nSPS) is 18.2. The van der Waals surface area contributed by atoms with Crippen LogP contribution in [0.3, 0.4) is 0 Å². The molecular formula is C16H30N2O8. The number of ether oxygens (including phenoxy) is 1. The highest BCUT2D eigenvalue weighted by Crippen LogP contribution is 2.09. The van der Waals surface area contributed by atoms with Gasteiger partial charge in [0.15, 0.2) is 6.10 Å². The minimum atomic E-state index is -2.15. The molecule has 0 aromatic rings. The summed E-state index contributed by atoms with van der Waals surface area (Å²) >= 11 is 0. The zero-order chi connectivity index (χ0) is 20.4. The fourth-order valence-corrected chi connectivity index (χ4v) is 1.92. The van der Waals surface area contributed by atoms with Gasteiger partial charge in [0.05, 0.1) is 0 Å². The number of hydrogen-bond donors (Lipinski definition) is 6. The summed E-state index contributed by atoms with van der Waals surface area (Å²) in [6.45, 7) is 4.61. The van der Waals surface area contributed by atoms with E-state index in [0.29, 0.717) is 12.8 Å². The van der Waals surface area contributed by atoms with Crippen molar-refractivity contribution < 1.29 is 39.5 Å². The summed E-state index contributed by atoms with van der Waals surface area (Å²) in [6.07, 6.45) is -6.86. The van der Waals surface area contributed by atoms with E-state index in [2.05, 4.69) is 0 Å². The molecule has 10 nitrogen and oxygen atoms in total. The van der Waals surface area contributed by atoms with E-state index < -0.39 is 54.8 Å². The minimum absolute atomic E-state index is 0.0477. The van der Waals surface area contributed by atoms with Crippen molar-refractivity contribution in [2.24, 2.45) is 11.7 Å². The average molecular weight is 378 g/mol. The SMILES string of the molecule is CCCC(=O)NC(=O)[C@H](O)[C@@H](O)[C@H](O)[C@H](O)COC(=O)[C@@H](N)[C@@H](C)CC. The number of imide groups is 1. The second-order valence-electron chi connectivity index (χ2n) is 6.20. The van der Waals surface area contributed by atoms with Gasteiger partial charge in [0.2, 0.25) is 5.91 Å². The Labute approximate surface area is 152 Å². The monoisotopic (exact) mass is 378 g/mol. The van der Waals surface area contributed by atoms with Gasteiger partial charge >= 0.3 is 5.97 Å². The molecule has 0 aliphatic heterocycles. The molecule has 10 heteroatoms. The topological polar surface area (TPSA) is 179 Å².